The van der Waals surface area contributed by atoms with Crippen molar-refractivity contribution in [1.82, 2.24) is 0 Å². The van der Waals surface area contributed by atoms with Crippen LogP contribution >= 0.6 is 0 Å². The third-order valence-electron chi connectivity index (χ3n) is 4.23. The third-order valence-corrected chi connectivity index (χ3v) is 4.23. The molecule has 0 radical (unpaired) electrons. The fourth-order valence-electron chi connectivity index (χ4n) is 2.74. The Bertz CT molecular complexity index is 736. The van der Waals surface area contributed by atoms with Crippen molar-refractivity contribution in [2.24, 2.45) is 0 Å². The van der Waals surface area contributed by atoms with Crippen LogP contribution in [0.5, 0.6) is 0 Å². The number of rotatable bonds is 3. The van der Waals surface area contributed by atoms with Gasteiger partial charge in [-0.25, -0.2) is 0 Å². The maximum Gasteiger partial charge on any atom is 0.321 e. The summed E-state index contributed by atoms with van der Waals surface area (Å²) in [5.41, 5.74) is 2.02. The maximum atomic E-state index is 12.1. The van der Waals surface area contributed by atoms with Crippen molar-refractivity contribution in [3.8, 4) is 0 Å². The first-order valence-corrected chi connectivity index (χ1v) is 6.95. The van der Waals surface area contributed by atoms with Crippen molar-refractivity contribution in [3.63, 3.8) is 0 Å². The molecular weight excluding hydrogens is 282 g/mol. The summed E-state index contributed by atoms with van der Waals surface area (Å²) in [7, 11) is 0. The fourth-order valence-corrected chi connectivity index (χ4v) is 2.74. The number of hydrogen-bond acceptors (Lipinski definition) is 4. The number of carbonyl (C=O) groups excluding carboxylic acids is 1. The number of aryl methyl sites for hydroxylation is 1. The van der Waals surface area contributed by atoms with Crippen LogP contribution in [0.4, 0.5) is 5.69 Å². The van der Waals surface area contributed by atoms with Gasteiger partial charge >= 0.3 is 5.97 Å². The molecule has 5 heteroatoms. The minimum absolute atomic E-state index is 0.0199. The molecule has 0 aliphatic carbocycles. The Labute approximate surface area is 127 Å². The van der Waals surface area contributed by atoms with E-state index in [0.29, 0.717) is 0 Å². The highest BCUT2D eigenvalue weighted by atomic mass is 16.6. The molecule has 0 saturated carbocycles. The number of nitrogens with zero attached hydrogens (tertiary/aromatic N) is 1. The molecule has 1 heterocycles. The molecule has 2 atom stereocenters. The molecular formula is C17H15NO4. The van der Waals surface area contributed by atoms with Gasteiger partial charge in [0.2, 0.25) is 0 Å². The summed E-state index contributed by atoms with van der Waals surface area (Å²) >= 11 is 0. The van der Waals surface area contributed by atoms with Crippen LogP contribution in [0.3, 0.4) is 0 Å². The number of benzene rings is 2. The van der Waals surface area contributed by atoms with Gasteiger partial charge in [-0.3, -0.25) is 14.9 Å². The lowest BCUT2D eigenvalue weighted by molar-refractivity contribution is -0.384. The van der Waals surface area contributed by atoms with Gasteiger partial charge < -0.3 is 4.74 Å². The first-order chi connectivity index (χ1) is 10.4. The summed E-state index contributed by atoms with van der Waals surface area (Å²) in [6.45, 7) is 3.83. The van der Waals surface area contributed by atoms with E-state index in [4.69, 9.17) is 4.74 Å². The molecule has 1 aliphatic rings. The molecule has 1 aliphatic heterocycles. The van der Waals surface area contributed by atoms with Crippen LogP contribution in [0, 0.1) is 17.0 Å². The lowest BCUT2D eigenvalue weighted by Gasteiger charge is -2.45. The molecule has 3 rings (SSSR count). The van der Waals surface area contributed by atoms with Gasteiger partial charge in [-0.05, 0) is 37.1 Å². The van der Waals surface area contributed by atoms with Crippen LogP contribution in [0.25, 0.3) is 0 Å². The molecule has 0 spiro atoms. The predicted octanol–water partition coefficient (Wildman–Crippen LogP) is 3.46. The quantitative estimate of drug-likeness (QED) is 0.494. The molecule has 1 saturated heterocycles. The van der Waals surface area contributed by atoms with Crippen LogP contribution < -0.4 is 0 Å². The van der Waals surface area contributed by atoms with Crippen molar-refractivity contribution >= 4 is 11.7 Å². The van der Waals surface area contributed by atoms with Crippen molar-refractivity contribution in [3.05, 3.63) is 75.3 Å². The van der Waals surface area contributed by atoms with E-state index in [0.717, 1.165) is 16.7 Å². The highest BCUT2D eigenvalue weighted by molar-refractivity contribution is 5.89. The number of esters is 1. The van der Waals surface area contributed by atoms with E-state index in [-0.39, 0.29) is 11.7 Å². The standard InChI is InChI=1S/C17H15NO4/c1-11-3-7-13(8-4-11)17(2)15(22-16(17)19)12-5-9-14(10-6-12)18(20)21/h3-10,15H,1-2H3/t15-,17-/m1/s1. The van der Waals surface area contributed by atoms with Crippen molar-refractivity contribution < 1.29 is 14.5 Å². The Morgan fingerprint density at radius 3 is 2.18 bits per heavy atom. The molecule has 0 amide bonds. The van der Waals surface area contributed by atoms with E-state index in [1.165, 1.54) is 12.1 Å². The minimum Gasteiger partial charge on any atom is -0.455 e. The first-order valence-electron chi connectivity index (χ1n) is 6.95. The van der Waals surface area contributed by atoms with E-state index in [9.17, 15) is 14.9 Å². The molecule has 0 bridgehead atoms. The van der Waals surface area contributed by atoms with E-state index in [2.05, 4.69) is 0 Å². The van der Waals surface area contributed by atoms with E-state index in [1.807, 2.05) is 38.1 Å². The number of hydrogen-bond donors (Lipinski definition) is 0. The first kappa shape index (κ1) is 14.3. The largest absolute Gasteiger partial charge is 0.455 e. The molecule has 22 heavy (non-hydrogen) atoms. The van der Waals surface area contributed by atoms with Crippen LogP contribution in [-0.2, 0) is 14.9 Å². The van der Waals surface area contributed by atoms with Gasteiger partial charge in [-0.15, -0.1) is 0 Å². The number of ether oxygens (including phenoxy) is 1. The second-order valence-corrected chi connectivity index (χ2v) is 5.70. The van der Waals surface area contributed by atoms with Crippen molar-refractivity contribution in [2.45, 2.75) is 25.4 Å². The summed E-state index contributed by atoms with van der Waals surface area (Å²) in [5, 5.41) is 10.7. The smallest absolute Gasteiger partial charge is 0.321 e. The molecule has 0 N–H and O–H groups in total. The zero-order valence-corrected chi connectivity index (χ0v) is 12.3. The van der Waals surface area contributed by atoms with E-state index >= 15 is 0 Å². The molecule has 112 valence electrons. The summed E-state index contributed by atoms with van der Waals surface area (Å²) < 4.78 is 5.32. The maximum absolute atomic E-state index is 12.1. The number of carbonyl (C=O) groups is 1. The Hall–Kier alpha value is -2.69. The van der Waals surface area contributed by atoms with Gasteiger partial charge in [0, 0.05) is 12.1 Å². The topological polar surface area (TPSA) is 69.4 Å². The molecule has 5 nitrogen and oxygen atoms in total. The molecule has 2 aromatic rings. The Morgan fingerprint density at radius 2 is 1.68 bits per heavy atom. The third kappa shape index (κ3) is 2.06. The number of non-ortho nitro benzene ring substituents is 1. The average Bonchev–Trinajstić information content (AvgIpc) is 2.52. The van der Waals surface area contributed by atoms with Crippen molar-refractivity contribution in [2.75, 3.05) is 0 Å². The van der Waals surface area contributed by atoms with Gasteiger partial charge in [-0.1, -0.05) is 29.8 Å². The van der Waals surface area contributed by atoms with Crippen LogP contribution in [-0.4, -0.2) is 10.9 Å². The number of cyclic esters (lactones) is 1. The normalized spacial score (nSPS) is 23.5. The van der Waals surface area contributed by atoms with Crippen LogP contribution in [0.15, 0.2) is 48.5 Å². The molecule has 2 aromatic carbocycles. The highest BCUT2D eigenvalue weighted by Crippen LogP contribution is 2.49. The van der Waals surface area contributed by atoms with Crippen molar-refractivity contribution in [1.29, 1.82) is 0 Å². The van der Waals surface area contributed by atoms with E-state index < -0.39 is 16.4 Å². The zero-order chi connectivity index (χ0) is 15.9. The second kappa shape index (κ2) is 4.94. The average molecular weight is 297 g/mol. The Balaban J connectivity index is 1.95. The SMILES string of the molecule is Cc1ccc([C@@]2(C)C(=O)O[C@@H]2c2ccc([N+](=O)[O-])cc2)cc1. The molecule has 0 aromatic heterocycles. The van der Waals surface area contributed by atoms with E-state index in [1.54, 1.807) is 12.1 Å². The predicted molar refractivity (Wildman–Crippen MR) is 80.5 cm³/mol. The number of nitro groups is 1. The van der Waals surface area contributed by atoms with Gasteiger partial charge in [0.1, 0.15) is 11.5 Å². The molecule has 1 fully saturated rings. The van der Waals surface area contributed by atoms with Gasteiger partial charge in [0.25, 0.3) is 5.69 Å². The minimum atomic E-state index is -0.760. The van der Waals surface area contributed by atoms with Gasteiger partial charge in [0.15, 0.2) is 0 Å². The van der Waals surface area contributed by atoms with Gasteiger partial charge in [-0.2, -0.15) is 0 Å². The monoisotopic (exact) mass is 297 g/mol. The second-order valence-electron chi connectivity index (χ2n) is 5.70. The summed E-state index contributed by atoms with van der Waals surface area (Å²) in [6.07, 6.45) is -0.427. The fraction of sp³-hybridized carbons (Fsp3) is 0.235. The summed E-state index contributed by atoms with van der Waals surface area (Å²) in [6, 6.07) is 13.9. The number of nitro benzene ring substituents is 1. The van der Waals surface area contributed by atoms with Crippen LogP contribution in [0.1, 0.15) is 29.7 Å². The Morgan fingerprint density at radius 1 is 1.09 bits per heavy atom. The summed E-state index contributed by atoms with van der Waals surface area (Å²) in [5.74, 6) is -0.278. The Kier molecular flexibility index (Phi) is 3.20. The summed E-state index contributed by atoms with van der Waals surface area (Å²) in [4.78, 5) is 22.3. The lowest BCUT2D eigenvalue weighted by atomic mass is 9.71. The van der Waals surface area contributed by atoms with Crippen LogP contribution in [0.2, 0.25) is 0 Å². The molecule has 0 unspecified atom stereocenters. The zero-order valence-electron chi connectivity index (χ0n) is 12.3. The lowest BCUT2D eigenvalue weighted by Crippen LogP contribution is -2.52. The van der Waals surface area contributed by atoms with Gasteiger partial charge in [0.05, 0.1) is 4.92 Å². The highest BCUT2D eigenvalue weighted by Gasteiger charge is 2.56.